The zero-order chi connectivity index (χ0) is 60.4. The van der Waals surface area contributed by atoms with Crippen molar-refractivity contribution in [2.24, 2.45) is 0 Å². The third kappa shape index (κ3) is 9.95. The topological polar surface area (TPSA) is 8.17 Å². The van der Waals surface area contributed by atoms with Crippen LogP contribution in [-0.2, 0) is 27.1 Å². The van der Waals surface area contributed by atoms with E-state index in [0.717, 1.165) is 50.4 Å². The van der Waals surface area contributed by atoms with Crippen LogP contribution in [0.1, 0.15) is 132 Å². The van der Waals surface area contributed by atoms with Gasteiger partial charge in [0.05, 0.1) is 33.8 Å². The van der Waals surface area contributed by atoms with Gasteiger partial charge in [0, 0.05) is 38.2 Å². The number of fused-ring (bicyclic) bond motifs is 3. The molecule has 0 radical (unpaired) electrons. The average Bonchev–Trinajstić information content (AvgIpc) is 1.14. The molecule has 0 aliphatic heterocycles. The first-order valence-electron chi connectivity index (χ1n) is 31.1. The lowest BCUT2D eigenvalue weighted by Gasteiger charge is -2.34. The number of rotatable bonds is 8. The van der Waals surface area contributed by atoms with Gasteiger partial charge in [0.2, 0.25) is 0 Å². The quantitative estimate of drug-likeness (QED) is 0.138. The zero-order valence-electron chi connectivity index (χ0n) is 53.3. The molecule has 13 rings (SSSR count). The second-order valence-corrected chi connectivity index (χ2v) is 29.5. The molecule has 0 atom stereocenters. The summed E-state index contributed by atoms with van der Waals surface area (Å²) in [7, 11) is 0. The Morgan fingerprint density at radius 2 is 0.698 bits per heavy atom. The summed E-state index contributed by atoms with van der Waals surface area (Å²) in [5, 5.41) is 9.99. The van der Waals surface area contributed by atoms with E-state index in [-0.39, 0.29) is 27.1 Å². The molecule has 0 aliphatic carbocycles. The number of nitrogens with zero attached hydrogens (tertiary/aromatic N) is 2. The molecule has 0 bridgehead atoms. The largest absolute Gasteiger partial charge is 0.309 e. The van der Waals surface area contributed by atoms with E-state index in [1.165, 1.54) is 98.8 Å². The van der Waals surface area contributed by atoms with Crippen molar-refractivity contribution in [3.8, 4) is 50.2 Å². The van der Waals surface area contributed by atoms with Gasteiger partial charge in [-0.3, -0.25) is 0 Å². The Hall–Kier alpha value is -8.72. The summed E-state index contributed by atoms with van der Waals surface area (Å²) < 4.78 is 2.55. The minimum atomic E-state index is -0.151. The molecule has 12 aromatic carbocycles. The Morgan fingerprint density at radius 3 is 1.21 bits per heavy atom. The maximum atomic E-state index is 2.64. The molecule has 0 fully saturated rings. The maximum absolute atomic E-state index is 2.64. The van der Waals surface area contributed by atoms with Crippen LogP contribution in [0.5, 0.6) is 0 Å². The van der Waals surface area contributed by atoms with E-state index < -0.39 is 0 Å². The van der Waals surface area contributed by atoms with E-state index in [4.69, 9.17) is 0 Å². The number of hydrogen-bond donors (Lipinski definition) is 0. The molecular weight excluding hydrogens is 1040 g/mol. The SMILES string of the molecule is CC(C)(C)c1cc(-c2ccc(-c3ccc(C(C)(C)C)cc3N(c3c(-c4ccccc4)cccc3-c3ccccc3)c3ccc4ccc5c(-n6c7ccc(C(C)(C)C)cc7c7cc(C(C)(C)C)ccc76)ccc6ccc3c4c65)cc2)cc(C(C)(C)C)c1. The average molecular weight is 1120 g/mol. The zero-order valence-corrected chi connectivity index (χ0v) is 53.3. The predicted molar refractivity (Wildman–Crippen MR) is 374 cm³/mol. The molecule has 2 heteroatoms. The van der Waals surface area contributed by atoms with Crippen molar-refractivity contribution in [3.05, 3.63) is 252 Å². The fourth-order valence-corrected chi connectivity index (χ4v) is 13.2. The first kappa shape index (κ1) is 56.4. The number of para-hydroxylation sites is 1. The second kappa shape index (κ2) is 20.5. The minimum absolute atomic E-state index is 0.00163. The van der Waals surface area contributed by atoms with Crippen LogP contribution in [0.3, 0.4) is 0 Å². The molecule has 1 aromatic heterocycles. The smallest absolute Gasteiger partial charge is 0.0618 e. The summed E-state index contributed by atoms with van der Waals surface area (Å²) >= 11 is 0. The Balaban J connectivity index is 1.11. The minimum Gasteiger partial charge on any atom is -0.309 e. The molecule has 0 saturated carbocycles. The summed E-state index contributed by atoms with van der Waals surface area (Å²) in [5.74, 6) is 0. The number of benzene rings is 12. The first-order chi connectivity index (χ1) is 40.8. The summed E-state index contributed by atoms with van der Waals surface area (Å²) in [6.07, 6.45) is 0. The van der Waals surface area contributed by atoms with Crippen molar-refractivity contribution < 1.29 is 0 Å². The predicted octanol–water partition coefficient (Wildman–Crippen LogP) is 24.3. The molecule has 0 spiro atoms. The summed E-state index contributed by atoms with van der Waals surface area (Å²) in [5.41, 5.74) is 22.9. The normalized spacial score (nSPS) is 12.8. The van der Waals surface area contributed by atoms with Crippen molar-refractivity contribution in [3.63, 3.8) is 0 Å². The molecule has 1 heterocycles. The Kier molecular flexibility index (Phi) is 13.4. The highest BCUT2D eigenvalue weighted by atomic mass is 15.2. The lowest BCUT2D eigenvalue weighted by atomic mass is 9.79. The first-order valence-corrected chi connectivity index (χ1v) is 31.1. The van der Waals surface area contributed by atoms with Crippen LogP contribution in [-0.4, -0.2) is 4.57 Å². The van der Waals surface area contributed by atoms with E-state index in [0.29, 0.717) is 0 Å². The van der Waals surface area contributed by atoms with Crippen LogP contribution in [0.2, 0.25) is 0 Å². The second-order valence-electron chi connectivity index (χ2n) is 29.5. The van der Waals surface area contributed by atoms with E-state index in [1.807, 2.05) is 0 Å². The van der Waals surface area contributed by atoms with Crippen LogP contribution in [0.15, 0.2) is 224 Å². The van der Waals surface area contributed by atoms with Gasteiger partial charge in [-0.25, -0.2) is 0 Å². The van der Waals surface area contributed by atoms with Crippen molar-refractivity contribution in [2.45, 2.75) is 131 Å². The number of hydrogen-bond acceptors (Lipinski definition) is 1. The summed E-state index contributed by atoms with van der Waals surface area (Å²) in [4.78, 5) is 2.64. The third-order valence-corrected chi connectivity index (χ3v) is 18.3. The van der Waals surface area contributed by atoms with Gasteiger partial charge < -0.3 is 9.47 Å². The van der Waals surface area contributed by atoms with Gasteiger partial charge in [0.25, 0.3) is 0 Å². The van der Waals surface area contributed by atoms with Crippen LogP contribution in [0, 0.1) is 0 Å². The van der Waals surface area contributed by atoms with Gasteiger partial charge in [0.15, 0.2) is 0 Å². The Labute approximate surface area is 511 Å². The van der Waals surface area contributed by atoms with Gasteiger partial charge in [0.1, 0.15) is 0 Å². The highest BCUT2D eigenvalue weighted by molar-refractivity contribution is 6.28. The summed E-state index contributed by atoms with van der Waals surface area (Å²) in [6, 6.07) is 86.2. The molecule has 86 heavy (non-hydrogen) atoms. The molecule has 428 valence electrons. The molecular formula is C84H82N2. The Bertz CT molecular complexity index is 4570. The van der Waals surface area contributed by atoms with Crippen LogP contribution in [0.25, 0.3) is 104 Å². The van der Waals surface area contributed by atoms with Crippen molar-refractivity contribution in [1.29, 1.82) is 0 Å². The third-order valence-electron chi connectivity index (χ3n) is 18.3. The van der Waals surface area contributed by atoms with Crippen LogP contribution < -0.4 is 4.90 Å². The fourth-order valence-electron chi connectivity index (χ4n) is 13.2. The molecule has 0 saturated heterocycles. The highest BCUT2D eigenvalue weighted by Gasteiger charge is 2.30. The molecule has 0 aliphatic rings. The highest BCUT2D eigenvalue weighted by Crippen LogP contribution is 2.53. The van der Waals surface area contributed by atoms with E-state index in [9.17, 15) is 0 Å². The monoisotopic (exact) mass is 1120 g/mol. The van der Waals surface area contributed by atoms with Gasteiger partial charge >= 0.3 is 0 Å². The maximum Gasteiger partial charge on any atom is 0.0618 e. The van der Waals surface area contributed by atoms with Gasteiger partial charge in [-0.15, -0.1) is 0 Å². The molecule has 0 N–H and O–H groups in total. The molecule has 0 amide bonds. The van der Waals surface area contributed by atoms with Gasteiger partial charge in [-0.1, -0.05) is 286 Å². The van der Waals surface area contributed by atoms with Gasteiger partial charge in [-0.05, 0) is 147 Å². The van der Waals surface area contributed by atoms with Crippen molar-refractivity contribution in [1.82, 2.24) is 4.57 Å². The van der Waals surface area contributed by atoms with E-state index >= 15 is 0 Å². The lowest BCUT2D eigenvalue weighted by molar-refractivity contribution is 0.569. The standard InChI is InChI=1S/C84H82N2/c1-80(2,3)60-38-45-74-70(50-60)71-51-61(81(4,5)6)39-46-75(71)85(74)72-43-35-57-34-41-69-73(44-36-58-33-40-68(72)77(57)78(58)69)86(79-66(54-23-18-16-19-24-54)27-22-28-67(79)55-25-20-17-21-26-55)76-52-62(82(7,8)9)37-42-65(76)56-31-29-53(30-32-56)59-47-63(83(10,11)12)49-64(48-59)84(13,14)15/h16-52H,1-15H3. The van der Waals surface area contributed by atoms with Crippen LogP contribution >= 0.6 is 0 Å². The Morgan fingerprint density at radius 1 is 0.267 bits per heavy atom. The lowest BCUT2D eigenvalue weighted by Crippen LogP contribution is -2.17. The fraction of sp³-hybridized carbons (Fsp3) is 0.238. The van der Waals surface area contributed by atoms with Crippen molar-refractivity contribution in [2.75, 3.05) is 4.90 Å². The van der Waals surface area contributed by atoms with Crippen LogP contribution in [0.4, 0.5) is 17.1 Å². The molecule has 13 aromatic rings. The van der Waals surface area contributed by atoms with Crippen molar-refractivity contribution >= 4 is 71.2 Å². The number of aromatic nitrogens is 1. The van der Waals surface area contributed by atoms with Gasteiger partial charge in [-0.2, -0.15) is 0 Å². The number of anilines is 3. The van der Waals surface area contributed by atoms with E-state index in [1.54, 1.807) is 0 Å². The molecule has 2 nitrogen and oxygen atoms in total. The molecule has 0 unspecified atom stereocenters. The summed E-state index contributed by atoms with van der Waals surface area (Å²) in [6.45, 7) is 34.9. The van der Waals surface area contributed by atoms with E-state index in [2.05, 4.69) is 338 Å².